The topological polar surface area (TPSA) is 66.9 Å². The number of ether oxygens (including phenoxy) is 1. The van der Waals surface area contributed by atoms with E-state index in [0.29, 0.717) is 72.9 Å². The second kappa shape index (κ2) is 7.88. The Kier molecular flexibility index (Phi) is 5.73. The number of Topliss-reactive ketones (excluding diaryl/α,β-unsaturated/α-hetero) is 2. The van der Waals surface area contributed by atoms with Crippen LogP contribution in [0.3, 0.4) is 0 Å². The number of aliphatic hydroxyl groups is 1. The molecule has 0 aromatic carbocycles. The summed E-state index contributed by atoms with van der Waals surface area (Å²) in [7, 11) is 0. The maximum Gasteiger partial charge on any atom is 0.165 e. The predicted molar refractivity (Wildman–Crippen MR) is 129 cm³/mol. The number of carbonyl (C=O) groups is 2. The van der Waals surface area contributed by atoms with Crippen LogP contribution >= 0.6 is 0 Å². The lowest BCUT2D eigenvalue weighted by Gasteiger charge is -2.62. The summed E-state index contributed by atoms with van der Waals surface area (Å²) in [6.07, 6.45) is 8.42. The van der Waals surface area contributed by atoms with Gasteiger partial charge in [0.25, 0.3) is 0 Å². The molecule has 0 amide bonds. The third-order valence-corrected chi connectivity index (χ3v) is 12.0. The van der Waals surface area contributed by atoms with Gasteiger partial charge in [-0.25, -0.2) is 0 Å². The number of epoxide rings is 1. The van der Waals surface area contributed by atoms with Gasteiger partial charge in [-0.2, -0.15) is 0 Å². The average Bonchev–Trinajstić information content (AvgIpc) is 3.44. The van der Waals surface area contributed by atoms with Crippen LogP contribution in [0.4, 0.5) is 0 Å². The van der Waals surface area contributed by atoms with Gasteiger partial charge in [-0.1, -0.05) is 48.0 Å². The third kappa shape index (κ3) is 3.29. The molecule has 5 aliphatic rings. The normalized spacial score (nSPS) is 51.0. The van der Waals surface area contributed by atoms with Crippen LogP contribution in [-0.4, -0.2) is 34.5 Å². The van der Waals surface area contributed by atoms with Gasteiger partial charge in [0.2, 0.25) is 0 Å². The molecule has 4 saturated carbocycles. The number of rotatable bonds is 5. The first-order valence-corrected chi connectivity index (χ1v) is 13.9. The molecule has 1 aliphatic heterocycles. The van der Waals surface area contributed by atoms with E-state index in [1.54, 1.807) is 0 Å². The van der Waals surface area contributed by atoms with Crippen molar-refractivity contribution in [2.45, 2.75) is 117 Å². The minimum atomic E-state index is -1.43. The molecule has 0 spiro atoms. The Labute approximate surface area is 200 Å². The van der Waals surface area contributed by atoms with Gasteiger partial charge >= 0.3 is 0 Å². The molecule has 0 radical (unpaired) electrons. The van der Waals surface area contributed by atoms with Gasteiger partial charge in [-0.15, -0.1) is 0 Å². The number of hydrogen-bond donors (Lipinski definition) is 1. The van der Waals surface area contributed by atoms with Gasteiger partial charge in [-0.05, 0) is 78.9 Å². The molecule has 0 aromatic heterocycles. The zero-order valence-electron chi connectivity index (χ0n) is 21.7. The van der Waals surface area contributed by atoms with Crippen molar-refractivity contribution in [1.29, 1.82) is 0 Å². The summed E-state index contributed by atoms with van der Waals surface area (Å²) in [4.78, 5) is 25.6. The fourth-order valence-corrected chi connectivity index (χ4v) is 9.96. The van der Waals surface area contributed by atoms with Crippen molar-refractivity contribution < 1.29 is 19.4 Å². The molecular formula is C29H46O4. The molecule has 1 N–H and O–H groups in total. The van der Waals surface area contributed by atoms with Crippen LogP contribution in [0, 0.1) is 52.3 Å². The molecular weight excluding hydrogens is 412 g/mol. The SMILES string of the molecule is CC[C@@H](C(C)C)[C@@H]1O[C@H]1[C@@H](C)[C@H]1CC[C@H]2[C@@H]3CC(=O)[C@@]4(O)CC(=O)CC[C@]4(C)[C@H]3CC[C@]12C. The summed E-state index contributed by atoms with van der Waals surface area (Å²) in [6, 6.07) is 0. The Morgan fingerprint density at radius 3 is 2.42 bits per heavy atom. The minimum absolute atomic E-state index is 0.0437. The van der Waals surface area contributed by atoms with Crippen LogP contribution in [0.25, 0.3) is 0 Å². The van der Waals surface area contributed by atoms with Crippen LogP contribution in [0.1, 0.15) is 99.3 Å². The lowest BCUT2D eigenvalue weighted by Crippen LogP contribution is -2.66. The molecule has 0 bridgehead atoms. The van der Waals surface area contributed by atoms with Crippen LogP contribution in [0.5, 0.6) is 0 Å². The highest BCUT2D eigenvalue weighted by Crippen LogP contribution is 2.69. The number of fused-ring (bicyclic) bond motifs is 5. The van der Waals surface area contributed by atoms with Gasteiger partial charge in [0.05, 0.1) is 12.2 Å². The summed E-state index contributed by atoms with van der Waals surface area (Å²) >= 11 is 0. The smallest absolute Gasteiger partial charge is 0.165 e. The average molecular weight is 459 g/mol. The second-order valence-electron chi connectivity index (χ2n) is 13.5. The zero-order chi connectivity index (χ0) is 23.9. The summed E-state index contributed by atoms with van der Waals surface area (Å²) in [6.45, 7) is 14.0. The maximum absolute atomic E-state index is 13.4. The van der Waals surface area contributed by atoms with Gasteiger partial charge in [0.15, 0.2) is 5.78 Å². The fraction of sp³-hybridized carbons (Fsp3) is 0.931. The molecule has 186 valence electrons. The standard InChI is InChI=1S/C29H46O4/c1-7-19(16(2)3)26-25(33-26)17(4)21-8-9-22-20-14-24(31)29(32)15-18(30)10-13-28(29,6)23(20)11-12-27(21,22)5/h16-17,19-23,25-26,32H,7-15H2,1-6H3/t17-,19-,20-,21+,22-,23-,25-,26-,27+,28+,29-/m0/s1. The van der Waals surface area contributed by atoms with Crippen molar-refractivity contribution in [3.8, 4) is 0 Å². The van der Waals surface area contributed by atoms with Crippen LogP contribution < -0.4 is 0 Å². The van der Waals surface area contributed by atoms with Gasteiger partial charge < -0.3 is 9.84 Å². The molecule has 4 nitrogen and oxygen atoms in total. The van der Waals surface area contributed by atoms with Crippen molar-refractivity contribution in [3.63, 3.8) is 0 Å². The van der Waals surface area contributed by atoms with Crippen molar-refractivity contribution in [2.24, 2.45) is 52.3 Å². The second-order valence-corrected chi connectivity index (χ2v) is 13.5. The van der Waals surface area contributed by atoms with Crippen LogP contribution in [-0.2, 0) is 14.3 Å². The Balaban J connectivity index is 1.36. The fourth-order valence-electron chi connectivity index (χ4n) is 9.96. The lowest BCUT2D eigenvalue weighted by atomic mass is 9.42. The molecule has 1 heterocycles. The number of ketones is 2. The quantitative estimate of drug-likeness (QED) is 0.545. The highest BCUT2D eigenvalue weighted by atomic mass is 16.6. The largest absolute Gasteiger partial charge is 0.381 e. The van der Waals surface area contributed by atoms with Crippen molar-refractivity contribution in [2.75, 3.05) is 0 Å². The summed E-state index contributed by atoms with van der Waals surface area (Å²) in [5, 5.41) is 11.5. The summed E-state index contributed by atoms with van der Waals surface area (Å²) in [5.74, 6) is 3.81. The van der Waals surface area contributed by atoms with E-state index in [9.17, 15) is 14.7 Å². The molecule has 5 rings (SSSR count). The Hall–Kier alpha value is -0.740. The van der Waals surface area contributed by atoms with Crippen molar-refractivity contribution in [3.05, 3.63) is 0 Å². The zero-order valence-corrected chi connectivity index (χ0v) is 21.7. The van der Waals surface area contributed by atoms with E-state index in [1.165, 1.54) is 25.7 Å². The Morgan fingerprint density at radius 2 is 1.76 bits per heavy atom. The molecule has 0 aromatic rings. The van der Waals surface area contributed by atoms with Gasteiger partial charge in [0, 0.05) is 24.7 Å². The number of carbonyl (C=O) groups excluding carboxylic acids is 2. The maximum atomic E-state index is 13.4. The number of hydrogen-bond acceptors (Lipinski definition) is 4. The minimum Gasteiger partial charge on any atom is -0.381 e. The van der Waals surface area contributed by atoms with E-state index >= 15 is 0 Å². The van der Waals surface area contributed by atoms with Gasteiger partial charge in [0.1, 0.15) is 11.4 Å². The van der Waals surface area contributed by atoms with Crippen LogP contribution in [0.2, 0.25) is 0 Å². The lowest BCUT2D eigenvalue weighted by molar-refractivity contribution is -0.203. The van der Waals surface area contributed by atoms with Crippen LogP contribution in [0.15, 0.2) is 0 Å². The Morgan fingerprint density at radius 1 is 1.03 bits per heavy atom. The molecule has 4 heteroatoms. The molecule has 33 heavy (non-hydrogen) atoms. The van der Waals surface area contributed by atoms with Gasteiger partial charge in [-0.3, -0.25) is 9.59 Å². The first-order chi connectivity index (χ1) is 15.5. The van der Waals surface area contributed by atoms with E-state index in [0.717, 1.165) is 6.42 Å². The molecule has 0 unspecified atom stereocenters. The first kappa shape index (κ1) is 24.0. The predicted octanol–water partition coefficient (Wildman–Crippen LogP) is 5.59. The highest BCUT2D eigenvalue weighted by molar-refractivity contribution is 5.96. The van der Waals surface area contributed by atoms with E-state index in [2.05, 4.69) is 41.5 Å². The monoisotopic (exact) mass is 458 g/mol. The summed E-state index contributed by atoms with van der Waals surface area (Å²) < 4.78 is 6.34. The molecule has 11 atom stereocenters. The van der Waals surface area contributed by atoms with E-state index < -0.39 is 11.0 Å². The van der Waals surface area contributed by atoms with Crippen molar-refractivity contribution >= 4 is 11.6 Å². The third-order valence-electron chi connectivity index (χ3n) is 12.0. The van der Waals surface area contributed by atoms with E-state index in [1.807, 2.05) is 0 Å². The van der Waals surface area contributed by atoms with Crippen molar-refractivity contribution in [1.82, 2.24) is 0 Å². The first-order valence-electron chi connectivity index (χ1n) is 13.9. The highest BCUT2D eigenvalue weighted by Gasteiger charge is 2.68. The Bertz CT molecular complexity index is 820. The van der Waals surface area contributed by atoms with E-state index in [4.69, 9.17) is 4.74 Å². The molecule has 5 fully saturated rings. The molecule has 4 aliphatic carbocycles. The molecule has 1 saturated heterocycles. The van der Waals surface area contributed by atoms with E-state index in [-0.39, 0.29) is 23.4 Å². The summed E-state index contributed by atoms with van der Waals surface area (Å²) in [5.41, 5.74) is -1.61.